The SMILES string of the molecule is CCNC(C)c1ncc(-c2cc(F)ccc2F)o1. The maximum absolute atomic E-state index is 13.5. The molecule has 2 aromatic rings. The number of nitrogens with zero attached hydrogens (tertiary/aromatic N) is 1. The predicted molar refractivity (Wildman–Crippen MR) is 63.9 cm³/mol. The molecule has 1 aromatic heterocycles. The third kappa shape index (κ3) is 2.56. The molecule has 0 saturated carbocycles. The maximum atomic E-state index is 13.5. The van der Waals surface area contributed by atoms with Crippen LogP contribution in [-0.4, -0.2) is 11.5 Å². The summed E-state index contributed by atoms with van der Waals surface area (Å²) in [7, 11) is 0. The molecule has 2 rings (SSSR count). The van der Waals surface area contributed by atoms with E-state index >= 15 is 0 Å². The van der Waals surface area contributed by atoms with Crippen molar-refractivity contribution in [2.24, 2.45) is 0 Å². The highest BCUT2D eigenvalue weighted by Gasteiger charge is 2.15. The fourth-order valence-electron chi connectivity index (χ4n) is 1.69. The van der Waals surface area contributed by atoms with Gasteiger partial charge < -0.3 is 9.73 Å². The van der Waals surface area contributed by atoms with Gasteiger partial charge in [-0.25, -0.2) is 13.8 Å². The second-order valence-electron chi connectivity index (χ2n) is 3.97. The Morgan fingerprint density at radius 1 is 1.39 bits per heavy atom. The molecule has 1 N–H and O–H groups in total. The zero-order chi connectivity index (χ0) is 13.1. The van der Waals surface area contributed by atoms with Crippen molar-refractivity contribution < 1.29 is 13.2 Å². The molecule has 1 atom stereocenters. The third-order valence-corrected chi connectivity index (χ3v) is 2.60. The van der Waals surface area contributed by atoms with Gasteiger partial charge in [0.05, 0.1) is 17.8 Å². The molecule has 18 heavy (non-hydrogen) atoms. The second-order valence-corrected chi connectivity index (χ2v) is 3.97. The number of benzene rings is 1. The van der Waals surface area contributed by atoms with Crippen LogP contribution in [0.1, 0.15) is 25.8 Å². The Hall–Kier alpha value is -1.75. The molecule has 5 heteroatoms. The quantitative estimate of drug-likeness (QED) is 0.907. The monoisotopic (exact) mass is 252 g/mol. The normalized spacial score (nSPS) is 12.7. The molecule has 0 aliphatic heterocycles. The Morgan fingerprint density at radius 2 is 2.17 bits per heavy atom. The van der Waals surface area contributed by atoms with Gasteiger partial charge in [-0.1, -0.05) is 6.92 Å². The first-order valence-electron chi connectivity index (χ1n) is 5.76. The van der Waals surface area contributed by atoms with Crippen molar-refractivity contribution in [2.75, 3.05) is 6.54 Å². The van der Waals surface area contributed by atoms with E-state index in [9.17, 15) is 8.78 Å². The Morgan fingerprint density at radius 3 is 2.89 bits per heavy atom. The molecular weight excluding hydrogens is 238 g/mol. The third-order valence-electron chi connectivity index (χ3n) is 2.60. The van der Waals surface area contributed by atoms with Crippen LogP contribution in [0.5, 0.6) is 0 Å². The smallest absolute Gasteiger partial charge is 0.211 e. The van der Waals surface area contributed by atoms with Gasteiger partial charge in [0.2, 0.25) is 5.89 Å². The first-order valence-corrected chi connectivity index (χ1v) is 5.76. The van der Waals surface area contributed by atoms with Crippen LogP contribution in [0.2, 0.25) is 0 Å². The number of nitrogens with one attached hydrogen (secondary N) is 1. The zero-order valence-electron chi connectivity index (χ0n) is 10.2. The van der Waals surface area contributed by atoms with Gasteiger partial charge in [-0.3, -0.25) is 0 Å². The number of hydrogen-bond donors (Lipinski definition) is 1. The Kier molecular flexibility index (Phi) is 3.72. The van der Waals surface area contributed by atoms with Crippen LogP contribution < -0.4 is 5.32 Å². The van der Waals surface area contributed by atoms with E-state index in [2.05, 4.69) is 10.3 Å². The molecule has 0 amide bonds. The van der Waals surface area contributed by atoms with Gasteiger partial charge in [-0.15, -0.1) is 0 Å². The zero-order valence-corrected chi connectivity index (χ0v) is 10.2. The molecule has 1 unspecified atom stereocenters. The first-order chi connectivity index (χ1) is 8.61. The van der Waals surface area contributed by atoms with Gasteiger partial charge in [-0.05, 0) is 31.7 Å². The van der Waals surface area contributed by atoms with Crippen molar-refractivity contribution >= 4 is 0 Å². The lowest BCUT2D eigenvalue weighted by molar-refractivity contribution is 0.427. The minimum Gasteiger partial charge on any atom is -0.439 e. The first kappa shape index (κ1) is 12.7. The summed E-state index contributed by atoms with van der Waals surface area (Å²) in [5.41, 5.74) is 0.0810. The largest absolute Gasteiger partial charge is 0.439 e. The van der Waals surface area contributed by atoms with Gasteiger partial charge in [0.15, 0.2) is 5.76 Å². The van der Waals surface area contributed by atoms with Crippen molar-refractivity contribution in [3.05, 3.63) is 41.9 Å². The summed E-state index contributed by atoms with van der Waals surface area (Å²) in [6, 6.07) is 3.16. The molecule has 0 radical (unpaired) electrons. The molecule has 0 saturated heterocycles. The number of halogens is 2. The molecule has 0 bridgehead atoms. The molecule has 96 valence electrons. The molecule has 1 heterocycles. The molecule has 1 aromatic carbocycles. The van der Waals surface area contributed by atoms with Gasteiger partial charge in [-0.2, -0.15) is 0 Å². The number of aromatic nitrogens is 1. The lowest BCUT2D eigenvalue weighted by Gasteiger charge is -2.06. The van der Waals surface area contributed by atoms with Crippen molar-refractivity contribution in [1.29, 1.82) is 0 Å². The maximum Gasteiger partial charge on any atom is 0.211 e. The van der Waals surface area contributed by atoms with E-state index in [-0.39, 0.29) is 17.4 Å². The van der Waals surface area contributed by atoms with Crippen LogP contribution in [-0.2, 0) is 0 Å². The van der Waals surface area contributed by atoms with Gasteiger partial charge >= 0.3 is 0 Å². The number of oxazole rings is 1. The van der Waals surface area contributed by atoms with Crippen molar-refractivity contribution in [2.45, 2.75) is 19.9 Å². The molecule has 0 spiro atoms. The molecule has 0 aliphatic carbocycles. The Bertz CT molecular complexity index is 540. The minimum atomic E-state index is -0.532. The summed E-state index contributed by atoms with van der Waals surface area (Å²) >= 11 is 0. The highest BCUT2D eigenvalue weighted by Crippen LogP contribution is 2.26. The van der Waals surface area contributed by atoms with E-state index in [1.165, 1.54) is 6.20 Å². The summed E-state index contributed by atoms with van der Waals surface area (Å²) in [5, 5.41) is 3.13. The highest BCUT2D eigenvalue weighted by molar-refractivity contribution is 5.57. The lowest BCUT2D eigenvalue weighted by Crippen LogP contribution is -2.17. The molecule has 3 nitrogen and oxygen atoms in total. The predicted octanol–water partition coefficient (Wildman–Crippen LogP) is 3.29. The molecular formula is C13H14F2N2O. The van der Waals surface area contributed by atoms with E-state index in [4.69, 9.17) is 4.42 Å². The lowest BCUT2D eigenvalue weighted by atomic mass is 10.2. The fourth-order valence-corrected chi connectivity index (χ4v) is 1.69. The van der Waals surface area contributed by atoms with E-state index in [0.717, 1.165) is 24.7 Å². The summed E-state index contributed by atoms with van der Waals surface area (Å²) in [6.45, 7) is 4.63. The minimum absolute atomic E-state index is 0.0691. The fraction of sp³-hybridized carbons (Fsp3) is 0.308. The second kappa shape index (κ2) is 5.27. The van der Waals surface area contributed by atoms with E-state index < -0.39 is 11.6 Å². The van der Waals surface area contributed by atoms with Crippen LogP contribution in [0, 0.1) is 11.6 Å². The summed E-state index contributed by atoms with van der Waals surface area (Å²) in [4.78, 5) is 4.06. The Labute approximate surface area is 104 Å². The van der Waals surface area contributed by atoms with Crippen molar-refractivity contribution in [3.8, 4) is 11.3 Å². The van der Waals surface area contributed by atoms with Crippen LogP contribution in [0.15, 0.2) is 28.8 Å². The highest BCUT2D eigenvalue weighted by atomic mass is 19.1. The van der Waals surface area contributed by atoms with Gasteiger partial charge in [0.1, 0.15) is 11.6 Å². The standard InChI is InChI=1S/C13H14F2N2O/c1-3-16-8(2)13-17-7-12(18-13)10-6-9(14)4-5-11(10)15/h4-8,16H,3H2,1-2H3. The number of rotatable bonds is 4. The topological polar surface area (TPSA) is 38.1 Å². The van der Waals surface area contributed by atoms with E-state index in [1.807, 2.05) is 13.8 Å². The van der Waals surface area contributed by atoms with E-state index in [1.54, 1.807) is 0 Å². The van der Waals surface area contributed by atoms with Gasteiger partial charge in [0, 0.05) is 0 Å². The summed E-state index contributed by atoms with van der Waals surface area (Å²) in [6.07, 6.45) is 1.40. The van der Waals surface area contributed by atoms with Crippen molar-refractivity contribution in [3.63, 3.8) is 0 Å². The van der Waals surface area contributed by atoms with Gasteiger partial charge in [0.25, 0.3) is 0 Å². The van der Waals surface area contributed by atoms with E-state index in [0.29, 0.717) is 5.89 Å². The van der Waals surface area contributed by atoms with Crippen LogP contribution in [0.3, 0.4) is 0 Å². The van der Waals surface area contributed by atoms with Crippen LogP contribution in [0.25, 0.3) is 11.3 Å². The van der Waals surface area contributed by atoms with Crippen LogP contribution in [0.4, 0.5) is 8.78 Å². The molecule has 0 fully saturated rings. The Balaban J connectivity index is 2.32. The summed E-state index contributed by atoms with van der Waals surface area (Å²) in [5.74, 6) is -0.360. The molecule has 0 aliphatic rings. The number of hydrogen-bond acceptors (Lipinski definition) is 3. The summed E-state index contributed by atoms with van der Waals surface area (Å²) < 4.78 is 32.1. The van der Waals surface area contributed by atoms with Crippen molar-refractivity contribution in [1.82, 2.24) is 10.3 Å². The average molecular weight is 252 g/mol. The average Bonchev–Trinajstić information content (AvgIpc) is 2.82. The van der Waals surface area contributed by atoms with Crippen LogP contribution >= 0.6 is 0 Å².